The molecule has 5 heteroatoms. The number of piperidine rings is 1. The first-order valence-electron chi connectivity index (χ1n) is 8.14. The van der Waals surface area contributed by atoms with Gasteiger partial charge in [0.05, 0.1) is 5.56 Å². The van der Waals surface area contributed by atoms with Crippen molar-refractivity contribution in [1.82, 2.24) is 4.90 Å². The molecule has 0 aliphatic carbocycles. The van der Waals surface area contributed by atoms with Gasteiger partial charge in [-0.1, -0.05) is 46.3 Å². The van der Waals surface area contributed by atoms with E-state index in [9.17, 15) is 4.79 Å². The Labute approximate surface area is 150 Å². The van der Waals surface area contributed by atoms with Crippen LogP contribution >= 0.6 is 15.9 Å². The lowest BCUT2D eigenvalue weighted by Gasteiger charge is -2.31. The molecule has 2 N–H and O–H groups in total. The Morgan fingerprint density at radius 2 is 1.88 bits per heavy atom. The van der Waals surface area contributed by atoms with Crippen LogP contribution in [0.3, 0.4) is 0 Å². The van der Waals surface area contributed by atoms with Crippen LogP contribution in [-0.2, 0) is 11.3 Å². The number of hydrogen-bond acceptors (Lipinski definition) is 4. The van der Waals surface area contributed by atoms with Crippen LogP contribution in [0.2, 0.25) is 0 Å². The fraction of sp³-hybridized carbons (Fsp3) is 0.316. The van der Waals surface area contributed by atoms with Gasteiger partial charge in [-0.05, 0) is 36.6 Å². The number of nitrogens with two attached hydrogens (primary N) is 1. The van der Waals surface area contributed by atoms with E-state index >= 15 is 0 Å². The highest BCUT2D eigenvalue weighted by atomic mass is 79.9. The lowest BCUT2D eigenvalue weighted by molar-refractivity contribution is 0.0105. The van der Waals surface area contributed by atoms with Gasteiger partial charge in [-0.15, -0.1) is 0 Å². The van der Waals surface area contributed by atoms with Crippen LogP contribution in [0.15, 0.2) is 53.0 Å². The molecule has 0 bridgehead atoms. The van der Waals surface area contributed by atoms with Crippen molar-refractivity contribution in [1.29, 1.82) is 0 Å². The van der Waals surface area contributed by atoms with E-state index in [-0.39, 0.29) is 12.1 Å². The third-order valence-corrected chi connectivity index (χ3v) is 4.78. The third kappa shape index (κ3) is 4.36. The Hall–Kier alpha value is -1.85. The van der Waals surface area contributed by atoms with Gasteiger partial charge in [0, 0.05) is 29.8 Å². The Kier molecular flexibility index (Phi) is 5.53. The topological polar surface area (TPSA) is 55.6 Å². The highest BCUT2D eigenvalue weighted by molar-refractivity contribution is 9.10. The molecule has 2 aromatic carbocycles. The number of carbonyl (C=O) groups excluding carboxylic acids is 1. The third-order valence-electron chi connectivity index (χ3n) is 4.29. The van der Waals surface area contributed by atoms with Crippen molar-refractivity contribution in [2.45, 2.75) is 25.5 Å². The van der Waals surface area contributed by atoms with Crippen molar-refractivity contribution in [3.63, 3.8) is 0 Å². The van der Waals surface area contributed by atoms with Crippen molar-refractivity contribution < 1.29 is 9.53 Å². The fourth-order valence-corrected chi connectivity index (χ4v) is 3.34. The first-order chi connectivity index (χ1) is 11.6. The summed E-state index contributed by atoms with van der Waals surface area (Å²) in [6.07, 6.45) is 1.68. The zero-order chi connectivity index (χ0) is 16.9. The number of likely N-dealkylation sites (tertiary alicyclic amines) is 1. The molecule has 2 aromatic rings. The summed E-state index contributed by atoms with van der Waals surface area (Å²) in [7, 11) is 0. The van der Waals surface area contributed by atoms with Crippen molar-refractivity contribution in [3.8, 4) is 0 Å². The lowest BCUT2D eigenvalue weighted by Crippen LogP contribution is -2.37. The molecular formula is C19H21BrN2O2. The lowest BCUT2D eigenvalue weighted by atomic mass is 10.1. The summed E-state index contributed by atoms with van der Waals surface area (Å²) in [5.74, 6) is -0.332. The molecule has 24 heavy (non-hydrogen) atoms. The van der Waals surface area contributed by atoms with E-state index in [0.717, 1.165) is 36.9 Å². The molecule has 1 saturated heterocycles. The average Bonchev–Trinajstić information content (AvgIpc) is 2.57. The van der Waals surface area contributed by atoms with Crippen molar-refractivity contribution in [2.24, 2.45) is 0 Å². The van der Waals surface area contributed by atoms with E-state index in [1.807, 2.05) is 6.07 Å². The standard InChI is InChI=1S/C19H21BrN2O2/c20-15-6-7-17(18(21)12-15)19(23)24-16-8-10-22(11-9-16)13-14-4-2-1-3-5-14/h1-7,12,16H,8-11,13,21H2. The van der Waals surface area contributed by atoms with Crippen molar-refractivity contribution >= 4 is 27.6 Å². The van der Waals surface area contributed by atoms with E-state index in [4.69, 9.17) is 10.5 Å². The van der Waals surface area contributed by atoms with E-state index in [2.05, 4.69) is 45.1 Å². The number of nitrogens with zero attached hydrogens (tertiary/aromatic N) is 1. The van der Waals surface area contributed by atoms with Crippen LogP contribution in [-0.4, -0.2) is 30.1 Å². The number of ether oxygens (including phenoxy) is 1. The van der Waals surface area contributed by atoms with E-state index in [1.165, 1.54) is 5.56 Å². The van der Waals surface area contributed by atoms with Gasteiger partial charge in [-0.3, -0.25) is 4.90 Å². The van der Waals surface area contributed by atoms with Crippen LogP contribution in [0.25, 0.3) is 0 Å². The predicted molar refractivity (Wildman–Crippen MR) is 98.7 cm³/mol. The maximum Gasteiger partial charge on any atom is 0.340 e. The average molecular weight is 389 g/mol. The van der Waals surface area contributed by atoms with Gasteiger partial charge >= 0.3 is 5.97 Å². The molecule has 1 heterocycles. The van der Waals surface area contributed by atoms with Crippen LogP contribution in [0.1, 0.15) is 28.8 Å². The zero-order valence-electron chi connectivity index (χ0n) is 13.5. The quantitative estimate of drug-likeness (QED) is 0.638. The minimum atomic E-state index is -0.332. The molecular weight excluding hydrogens is 368 g/mol. The molecule has 0 amide bonds. The maximum atomic E-state index is 12.3. The van der Waals surface area contributed by atoms with Gasteiger partial charge in [0.2, 0.25) is 0 Å². The van der Waals surface area contributed by atoms with Gasteiger partial charge in [0.25, 0.3) is 0 Å². The molecule has 0 spiro atoms. The summed E-state index contributed by atoms with van der Waals surface area (Å²) >= 11 is 3.34. The second-order valence-electron chi connectivity index (χ2n) is 6.10. The van der Waals surface area contributed by atoms with Crippen LogP contribution in [0.5, 0.6) is 0 Å². The second kappa shape index (κ2) is 7.81. The van der Waals surface area contributed by atoms with Crippen LogP contribution in [0.4, 0.5) is 5.69 Å². The second-order valence-corrected chi connectivity index (χ2v) is 7.01. The Balaban J connectivity index is 1.51. The minimum absolute atomic E-state index is 0.0347. The SMILES string of the molecule is Nc1cc(Br)ccc1C(=O)OC1CCN(Cc2ccccc2)CC1. The number of hydrogen-bond donors (Lipinski definition) is 1. The summed E-state index contributed by atoms with van der Waals surface area (Å²) in [6, 6.07) is 15.7. The molecule has 1 fully saturated rings. The van der Waals surface area contributed by atoms with Gasteiger partial charge in [0.1, 0.15) is 6.10 Å². The van der Waals surface area contributed by atoms with Crippen LogP contribution in [0, 0.1) is 0 Å². The fourth-order valence-electron chi connectivity index (χ4n) is 2.96. The van der Waals surface area contributed by atoms with Crippen molar-refractivity contribution in [3.05, 3.63) is 64.1 Å². The number of nitrogen functional groups attached to an aromatic ring is 1. The number of halogens is 1. The molecule has 0 atom stereocenters. The molecule has 1 aliphatic heterocycles. The molecule has 0 aromatic heterocycles. The normalized spacial score (nSPS) is 16.0. The summed E-state index contributed by atoms with van der Waals surface area (Å²) in [4.78, 5) is 14.7. The molecule has 0 radical (unpaired) electrons. The first kappa shape index (κ1) is 17.0. The number of carbonyl (C=O) groups is 1. The molecule has 4 nitrogen and oxygen atoms in total. The molecule has 0 unspecified atom stereocenters. The Morgan fingerprint density at radius 3 is 2.54 bits per heavy atom. The van der Waals surface area contributed by atoms with E-state index in [0.29, 0.717) is 11.3 Å². The van der Waals surface area contributed by atoms with Gasteiger partial charge in [-0.2, -0.15) is 0 Å². The minimum Gasteiger partial charge on any atom is -0.459 e. The number of benzene rings is 2. The summed E-state index contributed by atoms with van der Waals surface area (Å²) < 4.78 is 6.49. The highest BCUT2D eigenvalue weighted by Gasteiger charge is 2.23. The zero-order valence-corrected chi connectivity index (χ0v) is 15.0. The van der Waals surface area contributed by atoms with Crippen LogP contribution < -0.4 is 5.73 Å². The largest absolute Gasteiger partial charge is 0.459 e. The predicted octanol–water partition coefficient (Wildman–Crippen LogP) is 3.85. The monoisotopic (exact) mass is 388 g/mol. The molecule has 126 valence electrons. The number of esters is 1. The first-order valence-corrected chi connectivity index (χ1v) is 8.93. The molecule has 0 saturated carbocycles. The molecule has 3 rings (SSSR count). The van der Waals surface area contributed by atoms with E-state index < -0.39 is 0 Å². The summed E-state index contributed by atoms with van der Waals surface area (Å²) in [5.41, 5.74) is 8.09. The summed E-state index contributed by atoms with van der Waals surface area (Å²) in [5, 5.41) is 0. The summed E-state index contributed by atoms with van der Waals surface area (Å²) in [6.45, 7) is 2.81. The number of rotatable bonds is 4. The Bertz CT molecular complexity index is 698. The van der Waals surface area contributed by atoms with E-state index in [1.54, 1.807) is 18.2 Å². The maximum absolute atomic E-state index is 12.3. The van der Waals surface area contributed by atoms with Gasteiger partial charge in [-0.25, -0.2) is 4.79 Å². The van der Waals surface area contributed by atoms with Gasteiger partial charge < -0.3 is 10.5 Å². The smallest absolute Gasteiger partial charge is 0.340 e. The van der Waals surface area contributed by atoms with Gasteiger partial charge in [0.15, 0.2) is 0 Å². The Morgan fingerprint density at radius 1 is 1.17 bits per heavy atom. The van der Waals surface area contributed by atoms with Crippen molar-refractivity contribution in [2.75, 3.05) is 18.8 Å². The number of anilines is 1. The highest BCUT2D eigenvalue weighted by Crippen LogP contribution is 2.22. The molecule has 1 aliphatic rings.